The Balaban J connectivity index is 1.43. The number of nitrogens with zero attached hydrogens (tertiary/aromatic N) is 2. The Hall–Kier alpha value is -4.21. The first-order valence-corrected chi connectivity index (χ1v) is 9.57. The molecule has 7 nitrogen and oxygen atoms in total. The third kappa shape index (κ3) is 4.59. The zero-order valence-electron chi connectivity index (χ0n) is 16.6. The van der Waals surface area contributed by atoms with Crippen molar-refractivity contribution in [1.29, 1.82) is 0 Å². The normalized spacial score (nSPS) is 15.3. The molecule has 32 heavy (non-hydrogen) atoms. The Labute approximate surface area is 181 Å². The van der Waals surface area contributed by atoms with Gasteiger partial charge in [0.1, 0.15) is 6.17 Å². The zero-order chi connectivity index (χ0) is 22.7. The molecule has 2 amide bonds. The van der Waals surface area contributed by atoms with Crippen molar-refractivity contribution < 1.29 is 18.0 Å². The molecule has 0 bridgehead atoms. The lowest BCUT2D eigenvalue weighted by Gasteiger charge is -2.26. The summed E-state index contributed by atoms with van der Waals surface area (Å²) in [7, 11) is 0. The summed E-state index contributed by atoms with van der Waals surface area (Å²) in [5.74, 6) is 0. The summed E-state index contributed by atoms with van der Waals surface area (Å²) in [5, 5.41) is 8.21. The Bertz CT molecular complexity index is 1130. The average Bonchev–Trinajstić information content (AvgIpc) is 3.25. The molecule has 2 heterocycles. The van der Waals surface area contributed by atoms with Crippen LogP contribution in [-0.2, 0) is 6.18 Å². The number of nitrogen functional groups attached to an aromatic ring is 1. The maximum Gasteiger partial charge on any atom is 0.416 e. The van der Waals surface area contributed by atoms with Gasteiger partial charge in [-0.3, -0.25) is 4.98 Å². The molecule has 0 spiro atoms. The van der Waals surface area contributed by atoms with Gasteiger partial charge in [-0.25, -0.2) is 4.79 Å². The van der Waals surface area contributed by atoms with E-state index in [-0.39, 0.29) is 17.5 Å². The Morgan fingerprint density at radius 2 is 1.75 bits per heavy atom. The topological polar surface area (TPSA) is 95.3 Å². The van der Waals surface area contributed by atoms with Crippen molar-refractivity contribution in [3.8, 4) is 0 Å². The van der Waals surface area contributed by atoms with E-state index < -0.39 is 17.8 Å². The summed E-state index contributed by atoms with van der Waals surface area (Å²) in [6, 6.07) is 12.9. The van der Waals surface area contributed by atoms with Crippen LogP contribution in [0.15, 0.2) is 79.4 Å². The number of benzene rings is 2. The highest BCUT2D eigenvalue weighted by Gasteiger charge is 2.31. The SMILES string of the molecule is Nc1ccc(C(F)(F)F)cc1NC(=O)Nc1ccc(N2C=CNC2c2ccncc2)cc1. The van der Waals surface area contributed by atoms with E-state index in [1.807, 2.05) is 41.6 Å². The van der Waals surface area contributed by atoms with Crippen LogP contribution in [0.3, 0.4) is 0 Å². The fourth-order valence-corrected chi connectivity index (χ4v) is 3.26. The molecular formula is C22H19F3N6O. The average molecular weight is 440 g/mol. The van der Waals surface area contributed by atoms with Crippen molar-refractivity contribution in [2.45, 2.75) is 12.3 Å². The summed E-state index contributed by atoms with van der Waals surface area (Å²) in [5.41, 5.74) is 7.07. The minimum absolute atomic E-state index is 0.0268. The van der Waals surface area contributed by atoms with Crippen LogP contribution in [-0.4, -0.2) is 11.0 Å². The van der Waals surface area contributed by atoms with Crippen LogP contribution in [0.1, 0.15) is 17.3 Å². The molecule has 1 aliphatic heterocycles. The number of alkyl halides is 3. The molecule has 1 aliphatic rings. The maximum absolute atomic E-state index is 12.9. The highest BCUT2D eigenvalue weighted by Crippen LogP contribution is 2.33. The van der Waals surface area contributed by atoms with Gasteiger partial charge in [0.05, 0.1) is 16.9 Å². The van der Waals surface area contributed by atoms with Gasteiger partial charge < -0.3 is 26.6 Å². The van der Waals surface area contributed by atoms with Gasteiger partial charge in [0.15, 0.2) is 0 Å². The molecule has 0 saturated heterocycles. The highest BCUT2D eigenvalue weighted by atomic mass is 19.4. The number of amides is 2. The first-order chi connectivity index (χ1) is 15.3. The first-order valence-electron chi connectivity index (χ1n) is 9.57. The van der Waals surface area contributed by atoms with Gasteiger partial charge in [0.25, 0.3) is 0 Å². The number of nitrogens with two attached hydrogens (primary N) is 1. The van der Waals surface area contributed by atoms with E-state index in [0.29, 0.717) is 5.69 Å². The number of pyridine rings is 1. The highest BCUT2D eigenvalue weighted by molar-refractivity contribution is 6.01. The summed E-state index contributed by atoms with van der Waals surface area (Å²) in [4.78, 5) is 18.3. The van der Waals surface area contributed by atoms with Gasteiger partial charge in [-0.2, -0.15) is 13.2 Å². The van der Waals surface area contributed by atoms with Crippen molar-refractivity contribution in [2.75, 3.05) is 21.3 Å². The summed E-state index contributed by atoms with van der Waals surface area (Å²) < 4.78 is 38.7. The quantitative estimate of drug-likeness (QED) is 0.433. The maximum atomic E-state index is 12.9. The fraction of sp³-hybridized carbons (Fsp3) is 0.0909. The number of halogens is 3. The third-order valence-electron chi connectivity index (χ3n) is 4.84. The lowest BCUT2D eigenvalue weighted by molar-refractivity contribution is -0.137. The molecule has 5 N–H and O–H groups in total. The minimum atomic E-state index is -4.54. The predicted molar refractivity (Wildman–Crippen MR) is 117 cm³/mol. The van der Waals surface area contributed by atoms with Crippen molar-refractivity contribution in [3.05, 3.63) is 90.5 Å². The molecule has 164 valence electrons. The lowest BCUT2D eigenvalue weighted by atomic mass is 10.1. The number of hydrogen-bond donors (Lipinski definition) is 4. The second-order valence-electron chi connectivity index (χ2n) is 7.00. The van der Waals surface area contributed by atoms with Crippen LogP contribution in [0.25, 0.3) is 0 Å². The largest absolute Gasteiger partial charge is 0.416 e. The number of anilines is 4. The van der Waals surface area contributed by atoms with Gasteiger partial charge in [0.2, 0.25) is 0 Å². The molecule has 4 rings (SSSR count). The van der Waals surface area contributed by atoms with Gasteiger partial charge in [-0.15, -0.1) is 0 Å². The second kappa shape index (κ2) is 8.50. The molecule has 3 aromatic rings. The van der Waals surface area contributed by atoms with Crippen molar-refractivity contribution >= 4 is 28.8 Å². The Morgan fingerprint density at radius 3 is 2.44 bits per heavy atom. The molecule has 2 aromatic carbocycles. The number of hydrogen-bond acceptors (Lipinski definition) is 5. The third-order valence-corrected chi connectivity index (χ3v) is 4.84. The van der Waals surface area contributed by atoms with E-state index in [9.17, 15) is 18.0 Å². The van der Waals surface area contributed by atoms with E-state index in [4.69, 9.17) is 5.73 Å². The van der Waals surface area contributed by atoms with Gasteiger partial charge in [-0.1, -0.05) is 0 Å². The molecule has 1 unspecified atom stereocenters. The van der Waals surface area contributed by atoms with Crippen LogP contribution in [0.2, 0.25) is 0 Å². The fourth-order valence-electron chi connectivity index (χ4n) is 3.26. The number of rotatable bonds is 4. The molecule has 10 heteroatoms. The standard InChI is InChI=1S/C22H19F3N6O/c23-22(24,25)15-1-6-18(26)19(13-15)30-21(32)29-16-2-4-17(5-3-16)31-12-11-28-20(31)14-7-9-27-10-8-14/h1-13,20,28H,26H2,(H2,29,30,32). The molecule has 0 saturated carbocycles. The smallest absolute Gasteiger partial charge is 0.397 e. The summed E-state index contributed by atoms with van der Waals surface area (Å²) in [6.07, 6.45) is 2.54. The number of nitrogens with one attached hydrogen (secondary N) is 3. The van der Waals surface area contributed by atoms with Crippen LogP contribution >= 0.6 is 0 Å². The van der Waals surface area contributed by atoms with Crippen LogP contribution in [0.4, 0.5) is 40.7 Å². The van der Waals surface area contributed by atoms with E-state index in [1.165, 1.54) is 0 Å². The van der Waals surface area contributed by atoms with Crippen LogP contribution < -0.4 is 26.6 Å². The number of carbonyl (C=O) groups is 1. The molecule has 0 radical (unpaired) electrons. The molecular weight excluding hydrogens is 421 g/mol. The molecule has 1 atom stereocenters. The van der Waals surface area contributed by atoms with Gasteiger partial charge >= 0.3 is 12.2 Å². The summed E-state index contributed by atoms with van der Waals surface area (Å²) >= 11 is 0. The van der Waals surface area contributed by atoms with Crippen molar-refractivity contribution in [1.82, 2.24) is 10.3 Å². The van der Waals surface area contributed by atoms with E-state index in [1.54, 1.807) is 24.5 Å². The molecule has 0 aliphatic carbocycles. The number of urea groups is 1. The van der Waals surface area contributed by atoms with Gasteiger partial charge in [-0.05, 0) is 60.2 Å². The Kier molecular flexibility index (Phi) is 5.59. The Morgan fingerprint density at radius 1 is 1.03 bits per heavy atom. The number of aromatic nitrogens is 1. The van der Waals surface area contributed by atoms with Crippen molar-refractivity contribution in [2.24, 2.45) is 0 Å². The first kappa shape index (κ1) is 21.0. The van der Waals surface area contributed by atoms with Crippen molar-refractivity contribution in [3.63, 3.8) is 0 Å². The lowest BCUT2D eigenvalue weighted by Crippen LogP contribution is -2.26. The molecule has 1 aromatic heterocycles. The monoisotopic (exact) mass is 440 g/mol. The van der Waals surface area contributed by atoms with E-state index in [2.05, 4.69) is 20.9 Å². The second-order valence-corrected chi connectivity index (χ2v) is 7.00. The van der Waals surface area contributed by atoms with Gasteiger partial charge in [0, 0.05) is 36.2 Å². The molecule has 0 fully saturated rings. The zero-order valence-corrected chi connectivity index (χ0v) is 16.6. The predicted octanol–water partition coefficient (Wildman–Crippen LogP) is 4.91. The van der Waals surface area contributed by atoms with Crippen LogP contribution in [0.5, 0.6) is 0 Å². The summed E-state index contributed by atoms with van der Waals surface area (Å²) in [6.45, 7) is 0. The van der Waals surface area contributed by atoms with E-state index in [0.717, 1.165) is 29.4 Å². The van der Waals surface area contributed by atoms with Crippen LogP contribution in [0, 0.1) is 0 Å². The number of carbonyl (C=O) groups excluding carboxylic acids is 1. The minimum Gasteiger partial charge on any atom is -0.397 e. The van der Waals surface area contributed by atoms with E-state index >= 15 is 0 Å².